The lowest BCUT2D eigenvalue weighted by Crippen LogP contribution is -2.33. The predicted octanol–water partition coefficient (Wildman–Crippen LogP) is 2.60. The van der Waals surface area contributed by atoms with Crippen LogP contribution in [-0.4, -0.2) is 23.1 Å². The lowest BCUT2D eigenvalue weighted by Gasteiger charge is -2.26. The maximum absolute atomic E-state index is 12.6. The molecule has 0 aromatic carbocycles. The first-order valence-corrected chi connectivity index (χ1v) is 5.67. The Kier molecular flexibility index (Phi) is 4.50. The minimum atomic E-state index is -4.37. The number of rotatable bonds is 4. The number of anilines is 1. The van der Waals surface area contributed by atoms with Crippen molar-refractivity contribution in [1.82, 2.24) is 4.98 Å². The molecule has 0 fully saturated rings. The predicted molar refractivity (Wildman–Crippen MR) is 68.5 cm³/mol. The molecule has 1 atom stereocenters. The van der Waals surface area contributed by atoms with Gasteiger partial charge in [0, 0.05) is 25.7 Å². The molecule has 1 rings (SSSR count). The fourth-order valence-electron chi connectivity index (χ4n) is 1.44. The number of nitrogens with zero attached hydrogens (tertiary/aromatic N) is 2. The van der Waals surface area contributed by atoms with Gasteiger partial charge in [0.2, 0.25) is 0 Å². The summed E-state index contributed by atoms with van der Waals surface area (Å²) in [7, 11) is 1.66. The topological polar surface area (TPSA) is 42.1 Å². The highest BCUT2D eigenvalue weighted by Gasteiger charge is 2.31. The molecule has 100 valence electrons. The number of alkyl halides is 3. The summed E-state index contributed by atoms with van der Waals surface area (Å²) in [5.41, 5.74) is 4.69. The summed E-state index contributed by atoms with van der Waals surface area (Å²) in [6.45, 7) is 1.82. The van der Waals surface area contributed by atoms with Gasteiger partial charge in [-0.05, 0) is 19.1 Å². The molecule has 0 spiro atoms. The van der Waals surface area contributed by atoms with Crippen molar-refractivity contribution >= 4 is 23.0 Å². The molecule has 1 heterocycles. The molecule has 18 heavy (non-hydrogen) atoms. The van der Waals surface area contributed by atoms with E-state index in [1.807, 2.05) is 6.92 Å². The van der Waals surface area contributed by atoms with Crippen LogP contribution < -0.4 is 10.6 Å². The smallest absolute Gasteiger partial charge is 0.393 e. The van der Waals surface area contributed by atoms with Crippen molar-refractivity contribution in [3.8, 4) is 0 Å². The first kappa shape index (κ1) is 14.7. The largest absolute Gasteiger partial charge is 0.416 e. The minimum absolute atomic E-state index is 0.113. The second kappa shape index (κ2) is 5.51. The van der Waals surface area contributed by atoms with Gasteiger partial charge in [-0.25, -0.2) is 4.98 Å². The first-order valence-electron chi connectivity index (χ1n) is 5.26. The molecule has 0 saturated heterocycles. The third kappa shape index (κ3) is 3.83. The van der Waals surface area contributed by atoms with E-state index in [2.05, 4.69) is 4.98 Å². The highest BCUT2D eigenvalue weighted by atomic mass is 32.1. The van der Waals surface area contributed by atoms with Crippen LogP contribution in [0, 0.1) is 0 Å². The van der Waals surface area contributed by atoms with E-state index in [9.17, 15) is 13.2 Å². The second-order valence-electron chi connectivity index (χ2n) is 4.03. The van der Waals surface area contributed by atoms with Crippen molar-refractivity contribution in [2.75, 3.05) is 11.9 Å². The summed E-state index contributed by atoms with van der Waals surface area (Å²) in [6.07, 6.45) is -2.81. The zero-order chi connectivity index (χ0) is 13.9. The number of thiocarbonyl (C=S) groups is 1. The number of pyridine rings is 1. The van der Waals surface area contributed by atoms with Crippen molar-refractivity contribution in [3.05, 3.63) is 23.9 Å². The van der Waals surface area contributed by atoms with E-state index in [0.717, 1.165) is 18.3 Å². The number of nitrogens with two attached hydrogens (primary N) is 1. The van der Waals surface area contributed by atoms with Crippen LogP contribution in [0.1, 0.15) is 18.9 Å². The quantitative estimate of drug-likeness (QED) is 0.859. The molecule has 1 aromatic rings. The number of aromatic nitrogens is 1. The Balaban J connectivity index is 2.93. The Hall–Kier alpha value is -1.37. The summed E-state index contributed by atoms with van der Waals surface area (Å²) < 4.78 is 37.7. The van der Waals surface area contributed by atoms with Crippen LogP contribution in [0.4, 0.5) is 19.0 Å². The van der Waals surface area contributed by atoms with Crippen LogP contribution in [0.15, 0.2) is 18.3 Å². The van der Waals surface area contributed by atoms with Crippen LogP contribution in [-0.2, 0) is 6.18 Å². The maximum atomic E-state index is 12.6. The third-order valence-corrected chi connectivity index (χ3v) is 2.76. The molecule has 0 saturated carbocycles. The van der Waals surface area contributed by atoms with Crippen LogP contribution in [0.25, 0.3) is 0 Å². The molecule has 0 radical (unpaired) electrons. The van der Waals surface area contributed by atoms with E-state index in [1.54, 1.807) is 11.9 Å². The van der Waals surface area contributed by atoms with E-state index < -0.39 is 11.7 Å². The molecule has 0 aliphatic heterocycles. The molecule has 3 nitrogen and oxygen atoms in total. The van der Waals surface area contributed by atoms with Crippen molar-refractivity contribution < 1.29 is 13.2 Å². The van der Waals surface area contributed by atoms with E-state index >= 15 is 0 Å². The Morgan fingerprint density at radius 2 is 2.17 bits per heavy atom. The van der Waals surface area contributed by atoms with Gasteiger partial charge in [0.15, 0.2) is 0 Å². The second-order valence-corrected chi connectivity index (χ2v) is 4.56. The molecule has 0 aliphatic carbocycles. The molecule has 2 N–H and O–H groups in total. The molecular weight excluding hydrogens is 263 g/mol. The number of halogens is 3. The molecule has 1 unspecified atom stereocenters. The van der Waals surface area contributed by atoms with Gasteiger partial charge in [0.1, 0.15) is 5.82 Å². The van der Waals surface area contributed by atoms with Crippen molar-refractivity contribution in [3.63, 3.8) is 0 Å². The van der Waals surface area contributed by atoms with Gasteiger partial charge in [-0.1, -0.05) is 12.2 Å². The number of hydrogen-bond donors (Lipinski definition) is 1. The van der Waals surface area contributed by atoms with Gasteiger partial charge < -0.3 is 10.6 Å². The molecule has 0 amide bonds. The van der Waals surface area contributed by atoms with Crippen molar-refractivity contribution in [2.45, 2.75) is 25.6 Å². The lowest BCUT2D eigenvalue weighted by atomic mass is 10.2. The maximum Gasteiger partial charge on any atom is 0.416 e. The molecule has 0 bridgehead atoms. The van der Waals surface area contributed by atoms with Gasteiger partial charge in [0.25, 0.3) is 0 Å². The zero-order valence-corrected chi connectivity index (χ0v) is 10.8. The van der Waals surface area contributed by atoms with E-state index in [-0.39, 0.29) is 11.9 Å². The molecule has 1 aromatic heterocycles. The molecular formula is C11H14F3N3S. The minimum Gasteiger partial charge on any atom is -0.393 e. The Bertz CT molecular complexity index is 434. The van der Waals surface area contributed by atoms with E-state index in [1.165, 1.54) is 0 Å². The van der Waals surface area contributed by atoms with Crippen molar-refractivity contribution in [1.29, 1.82) is 0 Å². The summed E-state index contributed by atoms with van der Waals surface area (Å²) in [5, 5.41) is 0. The van der Waals surface area contributed by atoms with E-state index in [4.69, 9.17) is 18.0 Å². The molecule has 7 heteroatoms. The normalized spacial score (nSPS) is 13.2. The fourth-order valence-corrected chi connectivity index (χ4v) is 1.68. The van der Waals surface area contributed by atoms with Crippen molar-refractivity contribution in [2.24, 2.45) is 5.73 Å². The van der Waals surface area contributed by atoms with Gasteiger partial charge in [-0.15, -0.1) is 0 Å². The highest BCUT2D eigenvalue weighted by molar-refractivity contribution is 7.80. The highest BCUT2D eigenvalue weighted by Crippen LogP contribution is 2.30. The average Bonchev–Trinajstić information content (AvgIpc) is 2.26. The number of hydrogen-bond acceptors (Lipinski definition) is 3. The summed E-state index contributed by atoms with van der Waals surface area (Å²) in [4.78, 5) is 5.86. The monoisotopic (exact) mass is 277 g/mol. The Morgan fingerprint density at radius 3 is 2.67 bits per heavy atom. The lowest BCUT2D eigenvalue weighted by molar-refractivity contribution is -0.137. The summed E-state index contributed by atoms with van der Waals surface area (Å²) in [5.74, 6) is 0.244. The van der Waals surface area contributed by atoms with Gasteiger partial charge in [0.05, 0.1) is 10.6 Å². The van der Waals surface area contributed by atoms with Crippen LogP contribution in [0.5, 0.6) is 0 Å². The van der Waals surface area contributed by atoms with Crippen LogP contribution in [0.3, 0.4) is 0 Å². The van der Waals surface area contributed by atoms with E-state index in [0.29, 0.717) is 11.4 Å². The Labute approximate surface area is 109 Å². The van der Waals surface area contributed by atoms with Gasteiger partial charge in [-0.3, -0.25) is 0 Å². The third-order valence-electron chi connectivity index (χ3n) is 2.59. The average molecular weight is 277 g/mol. The zero-order valence-electron chi connectivity index (χ0n) is 10.0. The van der Waals surface area contributed by atoms with Gasteiger partial charge >= 0.3 is 6.18 Å². The van der Waals surface area contributed by atoms with Crippen LogP contribution >= 0.6 is 12.2 Å². The SMILES string of the molecule is CC(CC(N)=S)N(C)c1cc(C(F)(F)F)ccn1. The Morgan fingerprint density at radius 1 is 1.56 bits per heavy atom. The summed E-state index contributed by atoms with van der Waals surface area (Å²) in [6, 6.07) is 1.84. The van der Waals surface area contributed by atoms with Crippen LogP contribution in [0.2, 0.25) is 0 Å². The van der Waals surface area contributed by atoms with Gasteiger partial charge in [-0.2, -0.15) is 13.2 Å². The standard InChI is InChI=1S/C11H14F3N3S/c1-7(5-9(15)18)17(2)10-6-8(3-4-16-10)11(12,13)14/h3-4,6-7H,5H2,1-2H3,(H2,15,18). The fraction of sp³-hybridized carbons (Fsp3) is 0.455. The molecule has 0 aliphatic rings. The first-order chi connectivity index (χ1) is 8.21. The summed E-state index contributed by atoms with van der Waals surface area (Å²) >= 11 is 4.78.